The summed E-state index contributed by atoms with van der Waals surface area (Å²) in [6, 6.07) is 6.89. The Balaban J connectivity index is 0.00000162. The van der Waals surface area contributed by atoms with Crippen LogP contribution in [-0.4, -0.2) is 24.7 Å². The highest BCUT2D eigenvalue weighted by Crippen LogP contribution is 2.15. The molecule has 2 rings (SSSR count). The number of hydrogen-bond donors (Lipinski definition) is 2. The van der Waals surface area contributed by atoms with Gasteiger partial charge in [-0.25, -0.2) is 4.39 Å². The molecule has 6 heteroatoms. The summed E-state index contributed by atoms with van der Waals surface area (Å²) in [5.74, 6) is -0.176. The summed E-state index contributed by atoms with van der Waals surface area (Å²) >= 11 is 5.96. The van der Waals surface area contributed by atoms with E-state index < -0.39 is 12.2 Å². The predicted octanol–water partition coefficient (Wildman–Crippen LogP) is 2.08. The van der Waals surface area contributed by atoms with Crippen molar-refractivity contribution in [1.29, 1.82) is 0 Å². The van der Waals surface area contributed by atoms with Crippen LogP contribution in [0.2, 0.25) is 5.02 Å². The largest absolute Gasteiger partial charge is 0.351 e. The van der Waals surface area contributed by atoms with E-state index in [0.29, 0.717) is 11.6 Å². The molecule has 0 aromatic heterocycles. The van der Waals surface area contributed by atoms with Gasteiger partial charge in [-0.2, -0.15) is 0 Å². The van der Waals surface area contributed by atoms with E-state index in [9.17, 15) is 9.18 Å². The summed E-state index contributed by atoms with van der Waals surface area (Å²) in [6.45, 7) is 0.623. The van der Waals surface area contributed by atoms with Crippen LogP contribution in [0.15, 0.2) is 24.3 Å². The summed E-state index contributed by atoms with van der Waals surface area (Å²) < 4.78 is 12.9. The zero-order valence-corrected chi connectivity index (χ0v) is 11.2. The van der Waals surface area contributed by atoms with Gasteiger partial charge in [-0.15, -0.1) is 12.4 Å². The first-order chi connectivity index (χ1) is 8.16. The number of rotatable bonds is 3. The maximum absolute atomic E-state index is 12.9. The Kier molecular flexibility index (Phi) is 5.85. The summed E-state index contributed by atoms with van der Waals surface area (Å²) in [5, 5.41) is 6.21. The van der Waals surface area contributed by atoms with Crippen molar-refractivity contribution in [3.63, 3.8) is 0 Å². The highest BCUT2D eigenvalue weighted by Gasteiger charge is 2.28. The number of carbonyl (C=O) groups excluding carboxylic acids is 1. The Bertz CT molecular complexity index is 417. The number of amides is 1. The fraction of sp³-hybridized carbons (Fsp3) is 0.417. The molecule has 1 aromatic carbocycles. The van der Waals surface area contributed by atoms with Gasteiger partial charge in [0, 0.05) is 24.5 Å². The van der Waals surface area contributed by atoms with Gasteiger partial charge in [0.25, 0.3) is 0 Å². The lowest BCUT2D eigenvalue weighted by Gasteiger charge is -2.11. The van der Waals surface area contributed by atoms with E-state index in [2.05, 4.69) is 10.6 Å². The molecule has 1 heterocycles. The minimum atomic E-state index is -0.925. The summed E-state index contributed by atoms with van der Waals surface area (Å²) in [7, 11) is 0. The summed E-state index contributed by atoms with van der Waals surface area (Å²) in [5.41, 5.74) is 0.859. The number of hydrogen-bond acceptors (Lipinski definition) is 2. The van der Waals surface area contributed by atoms with Gasteiger partial charge in [0.05, 0.1) is 6.04 Å². The molecule has 0 spiro atoms. The standard InChI is InChI=1S/C12H14ClFN2O.ClH/c13-10-4-2-1-3-8(10)6-16-12(17)11-5-9(14)7-15-11;/h1-4,9,11,15H,5-7H2,(H,16,17);1H/t9-,11+;/m0./s1. The van der Waals surface area contributed by atoms with Crippen LogP contribution in [-0.2, 0) is 11.3 Å². The maximum Gasteiger partial charge on any atom is 0.237 e. The fourth-order valence-electron chi connectivity index (χ4n) is 1.84. The second-order valence-electron chi connectivity index (χ2n) is 4.10. The number of carbonyl (C=O) groups is 1. The molecule has 0 bridgehead atoms. The van der Waals surface area contributed by atoms with Crippen LogP contribution in [0.1, 0.15) is 12.0 Å². The molecule has 2 atom stereocenters. The third-order valence-corrected chi connectivity index (χ3v) is 3.17. The third kappa shape index (κ3) is 3.83. The molecule has 1 aromatic rings. The van der Waals surface area contributed by atoms with Crippen molar-refractivity contribution < 1.29 is 9.18 Å². The molecule has 100 valence electrons. The highest BCUT2D eigenvalue weighted by atomic mass is 35.5. The Morgan fingerprint density at radius 3 is 2.83 bits per heavy atom. The number of halogens is 3. The monoisotopic (exact) mass is 292 g/mol. The average molecular weight is 293 g/mol. The van der Waals surface area contributed by atoms with Gasteiger partial charge in [-0.1, -0.05) is 29.8 Å². The highest BCUT2D eigenvalue weighted by molar-refractivity contribution is 6.31. The van der Waals surface area contributed by atoms with Crippen LogP contribution in [0, 0.1) is 0 Å². The molecule has 1 aliphatic heterocycles. The lowest BCUT2D eigenvalue weighted by Crippen LogP contribution is -2.40. The third-order valence-electron chi connectivity index (χ3n) is 2.80. The topological polar surface area (TPSA) is 41.1 Å². The summed E-state index contributed by atoms with van der Waals surface area (Å²) in [6.07, 6.45) is -0.681. The molecule has 0 saturated carbocycles. The van der Waals surface area contributed by atoms with Crippen molar-refractivity contribution in [3.8, 4) is 0 Å². The zero-order chi connectivity index (χ0) is 12.3. The average Bonchev–Trinajstić information content (AvgIpc) is 2.74. The minimum Gasteiger partial charge on any atom is -0.351 e. The molecule has 3 nitrogen and oxygen atoms in total. The Labute approximate surface area is 116 Å². The fourth-order valence-corrected chi connectivity index (χ4v) is 2.04. The normalized spacial score (nSPS) is 22.3. The second kappa shape index (κ2) is 6.92. The van der Waals surface area contributed by atoms with Crippen LogP contribution in [0.4, 0.5) is 4.39 Å². The van der Waals surface area contributed by atoms with Gasteiger partial charge >= 0.3 is 0 Å². The van der Waals surface area contributed by atoms with Crippen molar-refractivity contribution >= 4 is 29.9 Å². The molecule has 1 aliphatic rings. The lowest BCUT2D eigenvalue weighted by molar-refractivity contribution is -0.123. The van der Waals surface area contributed by atoms with Gasteiger partial charge in [0.2, 0.25) is 5.91 Å². The SMILES string of the molecule is Cl.O=C(NCc1ccccc1Cl)[C@H]1C[C@H](F)CN1. The molecule has 0 aliphatic carbocycles. The zero-order valence-electron chi connectivity index (χ0n) is 9.66. The molecule has 1 saturated heterocycles. The Hall–Kier alpha value is -0.840. The van der Waals surface area contributed by atoms with Crippen LogP contribution in [0.25, 0.3) is 0 Å². The van der Waals surface area contributed by atoms with Crippen LogP contribution >= 0.6 is 24.0 Å². The predicted molar refractivity (Wildman–Crippen MR) is 71.9 cm³/mol. The van der Waals surface area contributed by atoms with Gasteiger partial charge in [0.15, 0.2) is 0 Å². The van der Waals surface area contributed by atoms with Crippen LogP contribution < -0.4 is 10.6 Å². The van der Waals surface area contributed by atoms with Crippen molar-refractivity contribution in [2.45, 2.75) is 25.2 Å². The quantitative estimate of drug-likeness (QED) is 0.896. The van der Waals surface area contributed by atoms with E-state index in [1.807, 2.05) is 18.2 Å². The molecule has 2 N–H and O–H groups in total. The van der Waals surface area contributed by atoms with Gasteiger partial charge in [0.1, 0.15) is 6.17 Å². The number of benzene rings is 1. The van der Waals surface area contributed by atoms with Crippen molar-refractivity contribution in [1.82, 2.24) is 10.6 Å². The molecule has 1 amide bonds. The van der Waals surface area contributed by atoms with Gasteiger partial charge in [-0.3, -0.25) is 4.79 Å². The van der Waals surface area contributed by atoms with E-state index in [1.165, 1.54) is 0 Å². The second-order valence-corrected chi connectivity index (χ2v) is 4.51. The summed E-state index contributed by atoms with van der Waals surface area (Å²) in [4.78, 5) is 11.7. The molecule has 1 fully saturated rings. The first-order valence-corrected chi connectivity index (χ1v) is 5.93. The van der Waals surface area contributed by atoms with Crippen LogP contribution in [0.3, 0.4) is 0 Å². The molecule has 0 unspecified atom stereocenters. The van der Waals surface area contributed by atoms with Gasteiger partial charge < -0.3 is 10.6 Å². The van der Waals surface area contributed by atoms with E-state index in [4.69, 9.17) is 11.6 Å². The van der Waals surface area contributed by atoms with Crippen LogP contribution in [0.5, 0.6) is 0 Å². The molecule has 18 heavy (non-hydrogen) atoms. The maximum atomic E-state index is 12.9. The molecule has 0 radical (unpaired) electrons. The molecular formula is C12H15Cl2FN2O. The van der Waals surface area contributed by atoms with E-state index in [-0.39, 0.29) is 31.3 Å². The number of nitrogens with one attached hydrogen (secondary N) is 2. The Morgan fingerprint density at radius 2 is 2.22 bits per heavy atom. The number of alkyl halides is 1. The first kappa shape index (κ1) is 15.2. The Morgan fingerprint density at radius 1 is 1.50 bits per heavy atom. The van der Waals surface area contributed by atoms with Crippen molar-refractivity contribution in [2.75, 3.05) is 6.54 Å². The smallest absolute Gasteiger partial charge is 0.237 e. The lowest BCUT2D eigenvalue weighted by atomic mass is 10.2. The van der Waals surface area contributed by atoms with E-state index >= 15 is 0 Å². The van der Waals surface area contributed by atoms with E-state index in [1.54, 1.807) is 6.07 Å². The van der Waals surface area contributed by atoms with Crippen molar-refractivity contribution in [3.05, 3.63) is 34.9 Å². The minimum absolute atomic E-state index is 0. The van der Waals surface area contributed by atoms with Gasteiger partial charge in [-0.05, 0) is 11.6 Å². The molecular weight excluding hydrogens is 278 g/mol. The van der Waals surface area contributed by atoms with Crippen molar-refractivity contribution in [2.24, 2.45) is 0 Å². The van der Waals surface area contributed by atoms with E-state index in [0.717, 1.165) is 5.56 Å². The first-order valence-electron chi connectivity index (χ1n) is 5.55.